The van der Waals surface area contributed by atoms with Crippen molar-refractivity contribution in [2.24, 2.45) is 11.8 Å². The Morgan fingerprint density at radius 3 is 2.49 bits per heavy atom. The van der Waals surface area contributed by atoms with Crippen molar-refractivity contribution in [1.29, 1.82) is 0 Å². The minimum atomic E-state index is -0.825. The van der Waals surface area contributed by atoms with Crippen molar-refractivity contribution in [3.8, 4) is 5.75 Å². The summed E-state index contributed by atoms with van der Waals surface area (Å²) < 4.78 is 4.06. The first-order valence-corrected chi connectivity index (χ1v) is 14.5. The first-order valence-electron chi connectivity index (χ1n) is 13.7. The second-order valence-electron chi connectivity index (χ2n) is 11.0. The quantitative estimate of drug-likeness (QED) is 0.419. The molecule has 5 rings (SSSR count). The highest BCUT2D eigenvalue weighted by atomic mass is 32.2. The van der Waals surface area contributed by atoms with Crippen LogP contribution in [0, 0.1) is 11.8 Å². The number of carbonyl (C=O) groups excluding carboxylic acids is 3. The fraction of sp³-hybridized carbons (Fsp3) is 0.500. The third-order valence-corrected chi connectivity index (χ3v) is 10.6. The van der Waals surface area contributed by atoms with Gasteiger partial charge >= 0.3 is 0 Å². The third kappa shape index (κ3) is 4.69. The summed E-state index contributed by atoms with van der Waals surface area (Å²) >= 11 is 1.63. The van der Waals surface area contributed by atoms with E-state index >= 15 is 0 Å². The molecule has 2 aromatic rings. The number of carbonyl (C=O) groups is 3. The molecule has 39 heavy (non-hydrogen) atoms. The SMILES string of the molecule is CCCNC(=O)[C@H]1[C@H]2C(=O)N([C@@H](CO)Cc3ccccc3)C(C(=O)Nc3ccc(OC)cc3)C23CC[C@]1(C)S3. The first-order chi connectivity index (χ1) is 18.8. The standard InChI is InChI=1S/C30H37N3O5S/c1-4-16-31-26(35)23-24-28(37)33(21(18-34)17-19-8-6-5-7-9-19)25(30(24)15-14-29(23,2)39-30)27(36)32-20-10-12-22(38-3)13-11-20/h5-13,21,23-25,34H,4,14-18H2,1-3H3,(H,31,35)(H,32,36)/t21-,23-,24+,25?,29+,30?/m1/s1. The Bertz CT molecular complexity index is 1220. The lowest BCUT2D eigenvalue weighted by atomic mass is 9.66. The zero-order valence-electron chi connectivity index (χ0n) is 22.7. The normalized spacial score (nSPS) is 29.7. The number of nitrogens with one attached hydrogen (secondary N) is 2. The molecule has 3 fully saturated rings. The van der Waals surface area contributed by atoms with E-state index in [1.807, 2.05) is 37.3 Å². The Balaban J connectivity index is 1.54. The molecule has 2 unspecified atom stereocenters. The van der Waals surface area contributed by atoms with Gasteiger partial charge in [-0.1, -0.05) is 37.3 Å². The number of likely N-dealkylation sites (tertiary alicyclic amines) is 1. The van der Waals surface area contributed by atoms with E-state index in [0.29, 0.717) is 30.8 Å². The fourth-order valence-corrected chi connectivity index (χ4v) is 9.18. The van der Waals surface area contributed by atoms with E-state index in [9.17, 15) is 19.5 Å². The van der Waals surface area contributed by atoms with Crippen molar-refractivity contribution in [3.05, 3.63) is 60.2 Å². The van der Waals surface area contributed by atoms with Crippen LogP contribution in [0.25, 0.3) is 0 Å². The van der Waals surface area contributed by atoms with Crippen LogP contribution in [-0.2, 0) is 20.8 Å². The lowest BCUT2D eigenvalue weighted by Crippen LogP contribution is -2.55. The van der Waals surface area contributed by atoms with Crippen LogP contribution in [0.5, 0.6) is 5.75 Å². The monoisotopic (exact) mass is 551 g/mol. The molecule has 3 saturated heterocycles. The molecule has 8 nitrogen and oxygen atoms in total. The second kappa shape index (κ2) is 10.8. The van der Waals surface area contributed by atoms with Crippen molar-refractivity contribution < 1.29 is 24.2 Å². The molecule has 3 aliphatic rings. The van der Waals surface area contributed by atoms with Gasteiger partial charge in [0.25, 0.3) is 0 Å². The lowest BCUT2D eigenvalue weighted by molar-refractivity contribution is -0.142. The van der Waals surface area contributed by atoms with Crippen LogP contribution in [0.4, 0.5) is 5.69 Å². The predicted molar refractivity (Wildman–Crippen MR) is 152 cm³/mol. The molecule has 3 amide bonds. The second-order valence-corrected chi connectivity index (χ2v) is 12.9. The maximum absolute atomic E-state index is 14.4. The molecule has 1 spiro atoms. The van der Waals surface area contributed by atoms with E-state index in [1.54, 1.807) is 48.0 Å². The van der Waals surface area contributed by atoms with Gasteiger partial charge in [-0.3, -0.25) is 14.4 Å². The summed E-state index contributed by atoms with van der Waals surface area (Å²) in [4.78, 5) is 43.6. The smallest absolute Gasteiger partial charge is 0.248 e. The van der Waals surface area contributed by atoms with Gasteiger partial charge in [-0.2, -0.15) is 0 Å². The van der Waals surface area contributed by atoms with E-state index in [2.05, 4.69) is 17.6 Å². The Hall–Kier alpha value is -3.04. The van der Waals surface area contributed by atoms with Gasteiger partial charge in [-0.25, -0.2) is 0 Å². The minimum absolute atomic E-state index is 0.119. The van der Waals surface area contributed by atoms with E-state index in [4.69, 9.17) is 4.74 Å². The van der Waals surface area contributed by atoms with Crippen LogP contribution in [0.3, 0.4) is 0 Å². The molecule has 3 heterocycles. The molecule has 3 aliphatic heterocycles. The average Bonchev–Trinajstić information content (AvgIpc) is 3.52. The van der Waals surface area contributed by atoms with Crippen LogP contribution >= 0.6 is 11.8 Å². The molecule has 0 radical (unpaired) electrons. The first kappa shape index (κ1) is 27.5. The molecular formula is C30H37N3O5S. The summed E-state index contributed by atoms with van der Waals surface area (Å²) in [5, 5.41) is 16.6. The number of ether oxygens (including phenoxy) is 1. The predicted octanol–water partition coefficient (Wildman–Crippen LogP) is 3.24. The number of thioether (sulfide) groups is 1. The molecule has 6 atom stereocenters. The number of rotatable bonds is 10. The number of amides is 3. The van der Waals surface area contributed by atoms with Gasteiger partial charge in [0.15, 0.2) is 0 Å². The highest BCUT2D eigenvalue weighted by Crippen LogP contribution is 2.71. The van der Waals surface area contributed by atoms with E-state index in [1.165, 1.54) is 0 Å². The zero-order valence-corrected chi connectivity index (χ0v) is 23.5. The minimum Gasteiger partial charge on any atom is -0.497 e. The number of benzene rings is 2. The summed E-state index contributed by atoms with van der Waals surface area (Å²) in [6, 6.07) is 15.3. The van der Waals surface area contributed by atoms with Crippen molar-refractivity contribution in [1.82, 2.24) is 10.2 Å². The Morgan fingerprint density at radius 2 is 1.85 bits per heavy atom. The van der Waals surface area contributed by atoms with E-state index in [0.717, 1.165) is 18.4 Å². The summed E-state index contributed by atoms with van der Waals surface area (Å²) in [6.07, 6.45) is 2.61. The van der Waals surface area contributed by atoms with Crippen molar-refractivity contribution in [2.45, 2.75) is 61.1 Å². The number of hydrogen-bond acceptors (Lipinski definition) is 6. The molecule has 3 N–H and O–H groups in total. The van der Waals surface area contributed by atoms with E-state index < -0.39 is 33.4 Å². The van der Waals surface area contributed by atoms with Gasteiger partial charge in [0.05, 0.1) is 36.3 Å². The zero-order chi connectivity index (χ0) is 27.8. The Kier molecular flexibility index (Phi) is 7.66. The van der Waals surface area contributed by atoms with Crippen LogP contribution in [0.15, 0.2) is 54.6 Å². The van der Waals surface area contributed by atoms with Crippen LogP contribution in [-0.4, -0.2) is 69.6 Å². The molecular weight excluding hydrogens is 514 g/mol. The van der Waals surface area contributed by atoms with Crippen LogP contribution in [0.2, 0.25) is 0 Å². The lowest BCUT2D eigenvalue weighted by Gasteiger charge is -2.37. The number of aliphatic hydroxyl groups excluding tert-OH is 1. The molecule has 2 bridgehead atoms. The summed E-state index contributed by atoms with van der Waals surface area (Å²) in [5.74, 6) is -1.12. The number of nitrogens with zero attached hydrogens (tertiary/aromatic N) is 1. The molecule has 0 saturated carbocycles. The number of methoxy groups -OCH3 is 1. The molecule has 2 aromatic carbocycles. The Labute approximate surface area is 233 Å². The maximum atomic E-state index is 14.4. The summed E-state index contributed by atoms with van der Waals surface area (Å²) in [6.45, 7) is 4.31. The van der Waals surface area contributed by atoms with Gasteiger partial charge in [0.1, 0.15) is 11.8 Å². The van der Waals surface area contributed by atoms with Crippen LogP contribution < -0.4 is 15.4 Å². The van der Waals surface area contributed by atoms with Crippen LogP contribution in [0.1, 0.15) is 38.7 Å². The number of fused-ring (bicyclic) bond motifs is 1. The highest BCUT2D eigenvalue weighted by molar-refractivity contribution is 8.02. The third-order valence-electron chi connectivity index (χ3n) is 8.57. The molecule has 9 heteroatoms. The largest absolute Gasteiger partial charge is 0.497 e. The summed E-state index contributed by atoms with van der Waals surface area (Å²) in [7, 11) is 1.58. The highest BCUT2D eigenvalue weighted by Gasteiger charge is 2.77. The summed E-state index contributed by atoms with van der Waals surface area (Å²) in [5.41, 5.74) is 1.56. The number of aliphatic hydroxyl groups is 1. The topological polar surface area (TPSA) is 108 Å². The van der Waals surface area contributed by atoms with Gasteiger partial charge in [0.2, 0.25) is 17.7 Å². The van der Waals surface area contributed by atoms with Crippen molar-refractivity contribution >= 4 is 35.2 Å². The van der Waals surface area contributed by atoms with Gasteiger partial charge in [-0.15, -0.1) is 11.8 Å². The number of hydrogen-bond donors (Lipinski definition) is 3. The Morgan fingerprint density at radius 1 is 1.13 bits per heavy atom. The van der Waals surface area contributed by atoms with Gasteiger partial charge < -0.3 is 25.4 Å². The fourth-order valence-electron chi connectivity index (χ4n) is 6.84. The average molecular weight is 552 g/mol. The molecule has 208 valence electrons. The molecule has 0 aromatic heterocycles. The molecule has 0 aliphatic carbocycles. The van der Waals surface area contributed by atoms with Gasteiger partial charge in [0, 0.05) is 17.0 Å². The number of anilines is 1. The van der Waals surface area contributed by atoms with Gasteiger partial charge in [-0.05, 0) is 62.4 Å². The van der Waals surface area contributed by atoms with Crippen molar-refractivity contribution in [2.75, 3.05) is 25.6 Å². The van der Waals surface area contributed by atoms with E-state index in [-0.39, 0.29) is 24.3 Å². The maximum Gasteiger partial charge on any atom is 0.248 e. The van der Waals surface area contributed by atoms with Crippen molar-refractivity contribution in [3.63, 3.8) is 0 Å².